The molecule has 0 aromatic carbocycles. The number of hydrogen-bond donors (Lipinski definition) is 1. The van der Waals surface area contributed by atoms with Crippen molar-refractivity contribution in [2.24, 2.45) is 7.05 Å². The van der Waals surface area contributed by atoms with Crippen LogP contribution < -0.4 is 0 Å². The number of carboxylic acids is 1. The van der Waals surface area contributed by atoms with Crippen LogP contribution in [-0.2, 0) is 11.8 Å². The van der Waals surface area contributed by atoms with Crippen molar-refractivity contribution in [1.29, 1.82) is 0 Å². The van der Waals surface area contributed by atoms with E-state index < -0.39 is 5.97 Å². The Bertz CT molecular complexity index is 463. The van der Waals surface area contributed by atoms with Gasteiger partial charge in [0.2, 0.25) is 0 Å². The molecule has 1 unspecified atom stereocenters. The molecule has 1 atom stereocenters. The Labute approximate surface area is 120 Å². The van der Waals surface area contributed by atoms with Gasteiger partial charge in [-0.15, -0.1) is 0 Å². The molecule has 1 aromatic heterocycles. The summed E-state index contributed by atoms with van der Waals surface area (Å²) in [6, 6.07) is 0.182. The summed E-state index contributed by atoms with van der Waals surface area (Å²) in [5.74, 6) is -0.697. The van der Waals surface area contributed by atoms with Gasteiger partial charge in [-0.3, -0.25) is 14.4 Å². The van der Waals surface area contributed by atoms with Crippen molar-refractivity contribution in [2.75, 3.05) is 7.05 Å². The zero-order valence-electron chi connectivity index (χ0n) is 12.7. The molecule has 1 fully saturated rings. The van der Waals surface area contributed by atoms with Gasteiger partial charge < -0.3 is 5.11 Å². The summed E-state index contributed by atoms with van der Waals surface area (Å²) in [6.07, 6.45) is 9.52. The fourth-order valence-corrected chi connectivity index (χ4v) is 3.44. The lowest BCUT2D eigenvalue weighted by molar-refractivity contribution is -0.141. The van der Waals surface area contributed by atoms with Crippen LogP contribution in [0.15, 0.2) is 12.4 Å². The molecule has 1 aliphatic rings. The molecule has 0 radical (unpaired) electrons. The van der Waals surface area contributed by atoms with Gasteiger partial charge in [-0.05, 0) is 26.8 Å². The molecule has 0 amide bonds. The van der Waals surface area contributed by atoms with Crippen molar-refractivity contribution < 1.29 is 9.90 Å². The Morgan fingerprint density at radius 1 is 1.50 bits per heavy atom. The molecule has 2 rings (SSSR count). The number of aliphatic carboxylic acids is 1. The second-order valence-corrected chi connectivity index (χ2v) is 6.09. The molecule has 0 spiro atoms. The van der Waals surface area contributed by atoms with Crippen molar-refractivity contribution in [3.05, 3.63) is 18.0 Å². The Morgan fingerprint density at radius 2 is 2.15 bits per heavy atom. The maximum atomic E-state index is 11.3. The Kier molecular flexibility index (Phi) is 4.48. The Morgan fingerprint density at radius 3 is 2.65 bits per heavy atom. The highest BCUT2D eigenvalue weighted by atomic mass is 16.4. The van der Waals surface area contributed by atoms with E-state index in [-0.39, 0.29) is 18.0 Å². The molecular formula is C15H25N3O2. The molecule has 0 saturated heterocycles. The van der Waals surface area contributed by atoms with E-state index in [1.54, 1.807) is 4.68 Å². The van der Waals surface area contributed by atoms with Gasteiger partial charge in [-0.25, -0.2) is 0 Å². The highest BCUT2D eigenvalue weighted by Crippen LogP contribution is 2.39. The molecule has 1 heterocycles. The predicted molar refractivity (Wildman–Crippen MR) is 77.5 cm³/mol. The lowest BCUT2D eigenvalue weighted by atomic mass is 9.77. The second kappa shape index (κ2) is 5.95. The monoisotopic (exact) mass is 279 g/mol. The quantitative estimate of drug-likeness (QED) is 0.900. The first kappa shape index (κ1) is 15.0. The molecule has 1 N–H and O–H groups in total. The fraction of sp³-hybridized carbons (Fsp3) is 0.733. The number of aromatic nitrogens is 2. The normalized spacial score (nSPS) is 20.0. The maximum absolute atomic E-state index is 11.3. The van der Waals surface area contributed by atoms with E-state index in [9.17, 15) is 9.90 Å². The molecule has 1 aromatic rings. The summed E-state index contributed by atoms with van der Waals surface area (Å²) < 4.78 is 1.80. The van der Waals surface area contributed by atoms with E-state index in [1.165, 1.54) is 6.42 Å². The largest absolute Gasteiger partial charge is 0.481 e. The van der Waals surface area contributed by atoms with Crippen molar-refractivity contribution in [1.82, 2.24) is 14.7 Å². The highest BCUT2D eigenvalue weighted by molar-refractivity contribution is 5.68. The van der Waals surface area contributed by atoms with E-state index >= 15 is 0 Å². The molecular weight excluding hydrogens is 254 g/mol. The maximum Gasteiger partial charge on any atom is 0.305 e. The van der Waals surface area contributed by atoms with E-state index in [0.29, 0.717) is 0 Å². The third-order valence-corrected chi connectivity index (χ3v) is 4.80. The van der Waals surface area contributed by atoms with Gasteiger partial charge >= 0.3 is 5.97 Å². The number of hydrogen-bond acceptors (Lipinski definition) is 3. The first-order chi connectivity index (χ1) is 9.44. The van der Waals surface area contributed by atoms with Crippen molar-refractivity contribution in [3.63, 3.8) is 0 Å². The lowest BCUT2D eigenvalue weighted by Crippen LogP contribution is -2.50. The zero-order chi connectivity index (χ0) is 14.8. The molecule has 20 heavy (non-hydrogen) atoms. The topological polar surface area (TPSA) is 58.4 Å². The van der Waals surface area contributed by atoms with Crippen LogP contribution in [0.3, 0.4) is 0 Å². The molecule has 112 valence electrons. The van der Waals surface area contributed by atoms with Crippen molar-refractivity contribution in [3.8, 4) is 0 Å². The molecule has 0 aliphatic heterocycles. The standard InChI is InChI=1S/C15H25N3O2/c1-12(13-10-16-17(2)11-13)18(3)15(9-14(19)20)7-5-4-6-8-15/h10-12H,4-9H2,1-3H3,(H,19,20). The second-order valence-electron chi connectivity index (χ2n) is 6.09. The SMILES string of the molecule is CC(c1cnn(C)c1)N(C)C1(CC(=O)O)CCCCC1. The average Bonchev–Trinajstić information content (AvgIpc) is 2.84. The van der Waals surface area contributed by atoms with E-state index in [0.717, 1.165) is 31.2 Å². The summed E-state index contributed by atoms with van der Waals surface area (Å²) in [5.41, 5.74) is 0.935. The number of aryl methyl sites for hydroxylation is 1. The summed E-state index contributed by atoms with van der Waals surface area (Å²) in [4.78, 5) is 13.6. The van der Waals surface area contributed by atoms with Gasteiger partial charge in [0.25, 0.3) is 0 Å². The van der Waals surface area contributed by atoms with Crippen LogP contribution in [0.4, 0.5) is 0 Å². The van der Waals surface area contributed by atoms with E-state index in [1.807, 2.05) is 19.4 Å². The summed E-state index contributed by atoms with van der Waals surface area (Å²) >= 11 is 0. The highest BCUT2D eigenvalue weighted by Gasteiger charge is 2.40. The van der Waals surface area contributed by atoms with Crippen LogP contribution in [0, 0.1) is 0 Å². The van der Waals surface area contributed by atoms with Crippen LogP contribution in [0.5, 0.6) is 0 Å². The van der Waals surface area contributed by atoms with E-state index in [2.05, 4.69) is 24.0 Å². The molecule has 0 bridgehead atoms. The first-order valence-corrected chi connectivity index (χ1v) is 7.38. The smallest absolute Gasteiger partial charge is 0.305 e. The molecule has 1 saturated carbocycles. The predicted octanol–water partition coefficient (Wildman–Crippen LogP) is 2.59. The van der Waals surface area contributed by atoms with Gasteiger partial charge in [0.15, 0.2) is 0 Å². The summed E-state index contributed by atoms with van der Waals surface area (Å²) in [7, 11) is 3.97. The van der Waals surface area contributed by atoms with E-state index in [4.69, 9.17) is 0 Å². The number of rotatable bonds is 5. The Balaban J connectivity index is 2.21. The first-order valence-electron chi connectivity index (χ1n) is 7.38. The van der Waals surface area contributed by atoms with Crippen molar-refractivity contribution in [2.45, 2.75) is 57.0 Å². The molecule has 5 nitrogen and oxygen atoms in total. The summed E-state index contributed by atoms with van der Waals surface area (Å²) in [5, 5.41) is 13.5. The minimum Gasteiger partial charge on any atom is -0.481 e. The minimum atomic E-state index is -0.697. The van der Waals surface area contributed by atoms with Gasteiger partial charge in [0, 0.05) is 30.4 Å². The lowest BCUT2D eigenvalue weighted by Gasteiger charge is -2.46. The number of carboxylic acid groups (broad SMARTS) is 1. The van der Waals surface area contributed by atoms with Crippen LogP contribution in [0.1, 0.15) is 57.1 Å². The van der Waals surface area contributed by atoms with Gasteiger partial charge in [0.1, 0.15) is 0 Å². The van der Waals surface area contributed by atoms with Gasteiger partial charge in [0.05, 0.1) is 12.6 Å². The number of nitrogens with zero attached hydrogens (tertiary/aromatic N) is 3. The molecule has 1 aliphatic carbocycles. The molecule has 5 heteroatoms. The average molecular weight is 279 g/mol. The third kappa shape index (κ3) is 3.03. The van der Waals surface area contributed by atoms with Crippen molar-refractivity contribution >= 4 is 5.97 Å². The third-order valence-electron chi connectivity index (χ3n) is 4.80. The van der Waals surface area contributed by atoms with Crippen LogP contribution in [0.2, 0.25) is 0 Å². The fourth-order valence-electron chi connectivity index (χ4n) is 3.44. The van der Waals surface area contributed by atoms with Gasteiger partial charge in [-0.1, -0.05) is 19.3 Å². The van der Waals surface area contributed by atoms with Crippen LogP contribution in [-0.4, -0.2) is 38.3 Å². The zero-order valence-corrected chi connectivity index (χ0v) is 12.7. The van der Waals surface area contributed by atoms with Gasteiger partial charge in [-0.2, -0.15) is 5.10 Å². The van der Waals surface area contributed by atoms with Crippen LogP contribution >= 0.6 is 0 Å². The summed E-state index contributed by atoms with van der Waals surface area (Å²) in [6.45, 7) is 2.13. The Hall–Kier alpha value is -1.36. The number of carbonyl (C=O) groups is 1. The minimum absolute atomic E-state index is 0.182. The van der Waals surface area contributed by atoms with Crippen LogP contribution in [0.25, 0.3) is 0 Å².